The highest BCUT2D eigenvalue weighted by molar-refractivity contribution is 14.0. The van der Waals surface area contributed by atoms with E-state index in [1.165, 1.54) is 6.42 Å². The van der Waals surface area contributed by atoms with Crippen molar-refractivity contribution in [3.05, 3.63) is 0 Å². The van der Waals surface area contributed by atoms with Crippen LogP contribution in [0.2, 0.25) is 0 Å². The van der Waals surface area contributed by atoms with Crippen molar-refractivity contribution in [1.82, 2.24) is 20.0 Å². The van der Waals surface area contributed by atoms with Gasteiger partial charge in [-0.3, -0.25) is 14.8 Å². The van der Waals surface area contributed by atoms with E-state index in [1.807, 2.05) is 7.05 Å². The molecule has 0 amide bonds. The van der Waals surface area contributed by atoms with Crippen LogP contribution in [-0.2, 0) is 4.74 Å². The molecule has 0 bridgehead atoms. The highest BCUT2D eigenvalue weighted by Gasteiger charge is 2.30. The molecule has 1 N–H and O–H groups in total. The molecule has 0 aromatic carbocycles. The first-order valence-electron chi connectivity index (χ1n) is 9.21. The second-order valence-corrected chi connectivity index (χ2v) is 6.54. The van der Waals surface area contributed by atoms with Crippen LogP contribution in [-0.4, -0.2) is 98.8 Å². The van der Waals surface area contributed by atoms with Crippen LogP contribution in [0.1, 0.15) is 27.2 Å². The van der Waals surface area contributed by atoms with E-state index >= 15 is 0 Å². The number of likely N-dealkylation sites (tertiary alicyclic amines) is 1. The molecule has 7 heteroatoms. The highest BCUT2D eigenvalue weighted by atomic mass is 127. The Morgan fingerprint density at radius 3 is 2.50 bits per heavy atom. The number of guanidine groups is 1. The lowest BCUT2D eigenvalue weighted by molar-refractivity contribution is 0.0194. The number of rotatable bonds is 6. The van der Waals surface area contributed by atoms with Gasteiger partial charge in [0.1, 0.15) is 0 Å². The molecule has 2 aliphatic rings. The molecule has 2 atom stereocenters. The highest BCUT2D eigenvalue weighted by Crippen LogP contribution is 2.17. The van der Waals surface area contributed by atoms with Crippen LogP contribution in [0.15, 0.2) is 4.99 Å². The van der Waals surface area contributed by atoms with E-state index < -0.39 is 0 Å². The number of nitrogens with zero attached hydrogens (tertiary/aromatic N) is 4. The van der Waals surface area contributed by atoms with Crippen molar-refractivity contribution in [1.29, 1.82) is 0 Å². The first-order valence-corrected chi connectivity index (χ1v) is 9.21. The number of morpholine rings is 1. The topological polar surface area (TPSA) is 43.3 Å². The average molecular weight is 453 g/mol. The number of likely N-dealkylation sites (N-methyl/N-ethyl adjacent to an activating group) is 1. The van der Waals surface area contributed by atoms with Crippen molar-refractivity contribution >= 4 is 29.9 Å². The third-order valence-corrected chi connectivity index (χ3v) is 5.23. The molecule has 0 radical (unpaired) electrons. The maximum Gasteiger partial charge on any atom is 0.193 e. The van der Waals surface area contributed by atoms with Crippen LogP contribution >= 0.6 is 24.0 Å². The monoisotopic (exact) mass is 453 g/mol. The summed E-state index contributed by atoms with van der Waals surface area (Å²) in [5.74, 6) is 1.06. The molecule has 2 aliphatic heterocycles. The summed E-state index contributed by atoms with van der Waals surface area (Å²) in [5, 5.41) is 3.57. The zero-order chi connectivity index (χ0) is 16.7. The molecule has 0 saturated carbocycles. The Balaban J connectivity index is 0.00000288. The number of ether oxygens (including phenoxy) is 1. The Hall–Kier alpha value is -0.120. The molecular weight excluding hydrogens is 417 g/mol. The molecule has 6 nitrogen and oxygen atoms in total. The first-order chi connectivity index (χ1) is 11.2. The number of nitrogens with one attached hydrogen (secondary N) is 1. The molecule has 0 aliphatic carbocycles. The predicted molar refractivity (Wildman–Crippen MR) is 112 cm³/mol. The minimum absolute atomic E-state index is 0. The Morgan fingerprint density at radius 2 is 1.92 bits per heavy atom. The average Bonchev–Trinajstić information content (AvgIpc) is 3.07. The van der Waals surface area contributed by atoms with Gasteiger partial charge in [-0.05, 0) is 26.4 Å². The second-order valence-electron chi connectivity index (χ2n) is 6.54. The van der Waals surface area contributed by atoms with Gasteiger partial charge in [0, 0.05) is 51.9 Å². The van der Waals surface area contributed by atoms with Crippen LogP contribution in [0.3, 0.4) is 0 Å². The van der Waals surface area contributed by atoms with E-state index in [0.717, 1.165) is 65.0 Å². The van der Waals surface area contributed by atoms with Gasteiger partial charge >= 0.3 is 0 Å². The lowest BCUT2D eigenvalue weighted by Crippen LogP contribution is -2.49. The number of hydrogen-bond donors (Lipinski definition) is 1. The maximum absolute atomic E-state index is 5.47. The molecule has 2 unspecified atom stereocenters. The summed E-state index contributed by atoms with van der Waals surface area (Å²) in [6, 6.07) is 1.18. The van der Waals surface area contributed by atoms with Crippen LogP contribution in [0, 0.1) is 0 Å². The number of halogens is 1. The van der Waals surface area contributed by atoms with Crippen molar-refractivity contribution in [2.75, 3.05) is 66.1 Å². The normalized spacial score (nSPS) is 24.1. The van der Waals surface area contributed by atoms with E-state index in [0.29, 0.717) is 12.1 Å². The molecular formula is C17H36IN5O. The van der Waals surface area contributed by atoms with Crippen molar-refractivity contribution in [2.45, 2.75) is 39.3 Å². The molecule has 0 aromatic rings. The molecule has 2 saturated heterocycles. The molecule has 142 valence electrons. The van der Waals surface area contributed by atoms with Gasteiger partial charge in [0.2, 0.25) is 0 Å². The maximum atomic E-state index is 5.47. The fraction of sp³-hybridized carbons (Fsp3) is 0.941. The largest absolute Gasteiger partial charge is 0.379 e. The fourth-order valence-electron chi connectivity index (χ4n) is 3.72. The molecule has 24 heavy (non-hydrogen) atoms. The van der Waals surface area contributed by atoms with Gasteiger partial charge in [-0.1, -0.05) is 13.8 Å². The molecule has 0 spiro atoms. The van der Waals surface area contributed by atoms with Crippen molar-refractivity contribution in [3.8, 4) is 0 Å². The van der Waals surface area contributed by atoms with Crippen molar-refractivity contribution in [2.24, 2.45) is 4.99 Å². The summed E-state index contributed by atoms with van der Waals surface area (Å²) in [5.41, 5.74) is 0. The summed E-state index contributed by atoms with van der Waals surface area (Å²) >= 11 is 0. The molecule has 0 aromatic heterocycles. The predicted octanol–water partition coefficient (Wildman–Crippen LogP) is 1.32. The van der Waals surface area contributed by atoms with Gasteiger partial charge in [0.25, 0.3) is 0 Å². The Morgan fingerprint density at radius 1 is 1.25 bits per heavy atom. The van der Waals surface area contributed by atoms with Crippen LogP contribution in [0.4, 0.5) is 0 Å². The smallest absolute Gasteiger partial charge is 0.193 e. The standard InChI is InChI=1S/C17H35N5O.HI/c1-5-20(6-2)15(3)13-19-17(18-4)22-8-7-16(14-22)21-9-11-23-12-10-21;/h15-16H,5-14H2,1-4H3,(H,18,19);1H. The summed E-state index contributed by atoms with van der Waals surface area (Å²) < 4.78 is 5.47. The van der Waals surface area contributed by atoms with Gasteiger partial charge in [-0.2, -0.15) is 0 Å². The van der Waals surface area contributed by atoms with E-state index in [9.17, 15) is 0 Å². The van der Waals surface area contributed by atoms with Gasteiger partial charge in [-0.15, -0.1) is 24.0 Å². The minimum Gasteiger partial charge on any atom is -0.379 e. The summed E-state index contributed by atoms with van der Waals surface area (Å²) in [6.45, 7) is 16.0. The van der Waals surface area contributed by atoms with E-state index in [1.54, 1.807) is 0 Å². The van der Waals surface area contributed by atoms with E-state index in [-0.39, 0.29) is 24.0 Å². The Bertz CT molecular complexity index is 372. The quantitative estimate of drug-likeness (QED) is 0.374. The van der Waals surface area contributed by atoms with Crippen molar-refractivity contribution in [3.63, 3.8) is 0 Å². The van der Waals surface area contributed by atoms with Crippen LogP contribution in [0.5, 0.6) is 0 Å². The Labute approximate surface area is 165 Å². The number of aliphatic imine (C=N–C) groups is 1. The first kappa shape index (κ1) is 21.9. The fourth-order valence-corrected chi connectivity index (χ4v) is 3.72. The molecule has 2 fully saturated rings. The zero-order valence-corrected chi connectivity index (χ0v) is 18.2. The van der Waals surface area contributed by atoms with Crippen LogP contribution < -0.4 is 5.32 Å². The second kappa shape index (κ2) is 11.5. The van der Waals surface area contributed by atoms with E-state index in [2.05, 4.69) is 45.8 Å². The SMILES string of the molecule is CCN(CC)C(C)CNC(=NC)N1CCC(N2CCOCC2)C1.I. The third-order valence-electron chi connectivity index (χ3n) is 5.23. The van der Waals surface area contributed by atoms with Gasteiger partial charge < -0.3 is 15.0 Å². The van der Waals surface area contributed by atoms with Gasteiger partial charge in [-0.25, -0.2) is 0 Å². The summed E-state index contributed by atoms with van der Waals surface area (Å²) in [7, 11) is 1.90. The van der Waals surface area contributed by atoms with Crippen molar-refractivity contribution < 1.29 is 4.74 Å². The Kier molecular flexibility index (Phi) is 10.5. The summed E-state index contributed by atoms with van der Waals surface area (Å²) in [4.78, 5) is 12.0. The lowest BCUT2D eigenvalue weighted by Gasteiger charge is -2.32. The third kappa shape index (κ3) is 6.00. The molecule has 2 heterocycles. The summed E-state index contributed by atoms with van der Waals surface area (Å²) in [6.07, 6.45) is 1.23. The van der Waals surface area contributed by atoms with E-state index in [4.69, 9.17) is 4.74 Å². The van der Waals surface area contributed by atoms with Gasteiger partial charge in [0.15, 0.2) is 5.96 Å². The number of hydrogen-bond acceptors (Lipinski definition) is 4. The molecule has 2 rings (SSSR count). The van der Waals surface area contributed by atoms with Crippen LogP contribution in [0.25, 0.3) is 0 Å². The lowest BCUT2D eigenvalue weighted by atomic mass is 10.2. The zero-order valence-electron chi connectivity index (χ0n) is 15.8. The van der Waals surface area contributed by atoms with Gasteiger partial charge in [0.05, 0.1) is 13.2 Å². The minimum atomic E-state index is 0.